The van der Waals surface area contributed by atoms with Gasteiger partial charge < -0.3 is 10.6 Å². The minimum atomic E-state index is 0.253. The van der Waals surface area contributed by atoms with Crippen LogP contribution < -0.4 is 10.6 Å². The Balaban J connectivity index is 1.79. The van der Waals surface area contributed by atoms with E-state index >= 15 is 0 Å². The standard InChI is InChI=1S/C12H22N2O/c1-8-6-9(4-5-13-8)14-11(15)10-7-12(10,2)3/h8-10,13H,4-7H2,1-3H3,(H,14,15). The number of hydrogen-bond acceptors (Lipinski definition) is 2. The van der Waals surface area contributed by atoms with Gasteiger partial charge in [-0.2, -0.15) is 0 Å². The second kappa shape index (κ2) is 3.78. The molecule has 0 spiro atoms. The molecule has 1 saturated heterocycles. The van der Waals surface area contributed by atoms with Crippen LogP contribution in [0.25, 0.3) is 0 Å². The van der Waals surface area contributed by atoms with E-state index in [9.17, 15) is 4.79 Å². The number of nitrogens with one attached hydrogen (secondary N) is 2. The van der Waals surface area contributed by atoms with Crippen LogP contribution in [0.3, 0.4) is 0 Å². The lowest BCUT2D eigenvalue weighted by Gasteiger charge is -2.28. The zero-order valence-corrected chi connectivity index (χ0v) is 9.97. The second-order valence-corrected chi connectivity index (χ2v) is 5.83. The Kier molecular flexibility index (Phi) is 2.75. The summed E-state index contributed by atoms with van der Waals surface area (Å²) in [6.07, 6.45) is 3.20. The first-order valence-electron chi connectivity index (χ1n) is 6.03. The van der Waals surface area contributed by atoms with Gasteiger partial charge in [0.05, 0.1) is 0 Å². The van der Waals surface area contributed by atoms with Gasteiger partial charge in [0, 0.05) is 18.0 Å². The van der Waals surface area contributed by atoms with E-state index in [0.29, 0.717) is 12.1 Å². The third-order valence-corrected chi connectivity index (χ3v) is 3.80. The molecule has 1 aliphatic carbocycles. The number of carbonyl (C=O) groups excluding carboxylic acids is 1. The molecule has 0 aromatic carbocycles. The lowest BCUT2D eigenvalue weighted by molar-refractivity contribution is -0.123. The molecule has 0 bridgehead atoms. The van der Waals surface area contributed by atoms with Crippen molar-refractivity contribution in [2.75, 3.05) is 6.54 Å². The lowest BCUT2D eigenvalue weighted by atomic mass is 10.00. The maximum Gasteiger partial charge on any atom is 0.223 e. The van der Waals surface area contributed by atoms with Crippen molar-refractivity contribution in [3.8, 4) is 0 Å². The Bertz CT molecular complexity index is 262. The molecule has 1 amide bonds. The Hall–Kier alpha value is -0.570. The van der Waals surface area contributed by atoms with Crippen molar-refractivity contribution in [1.29, 1.82) is 0 Å². The highest BCUT2D eigenvalue weighted by atomic mass is 16.2. The van der Waals surface area contributed by atoms with Gasteiger partial charge in [0.1, 0.15) is 0 Å². The van der Waals surface area contributed by atoms with E-state index in [-0.39, 0.29) is 17.2 Å². The molecule has 0 aromatic heterocycles. The van der Waals surface area contributed by atoms with Crippen LogP contribution in [0.5, 0.6) is 0 Å². The second-order valence-electron chi connectivity index (χ2n) is 5.83. The van der Waals surface area contributed by atoms with Gasteiger partial charge in [-0.25, -0.2) is 0 Å². The molecular weight excluding hydrogens is 188 g/mol. The van der Waals surface area contributed by atoms with Crippen molar-refractivity contribution in [2.24, 2.45) is 11.3 Å². The van der Waals surface area contributed by atoms with Crippen LogP contribution in [0.1, 0.15) is 40.0 Å². The summed E-state index contributed by atoms with van der Waals surface area (Å²) in [4.78, 5) is 11.9. The number of hydrogen-bond donors (Lipinski definition) is 2. The molecule has 2 aliphatic rings. The monoisotopic (exact) mass is 210 g/mol. The predicted octanol–water partition coefficient (Wildman–Crippen LogP) is 1.29. The Morgan fingerprint density at radius 1 is 1.47 bits per heavy atom. The molecule has 86 valence electrons. The van der Waals surface area contributed by atoms with Crippen LogP contribution in [-0.2, 0) is 4.79 Å². The molecule has 1 heterocycles. The number of rotatable bonds is 2. The van der Waals surface area contributed by atoms with Gasteiger partial charge in [-0.1, -0.05) is 13.8 Å². The van der Waals surface area contributed by atoms with Gasteiger partial charge in [-0.05, 0) is 38.1 Å². The summed E-state index contributed by atoms with van der Waals surface area (Å²) in [5.41, 5.74) is 0.253. The van der Waals surface area contributed by atoms with Crippen molar-refractivity contribution in [1.82, 2.24) is 10.6 Å². The Morgan fingerprint density at radius 2 is 2.13 bits per heavy atom. The zero-order valence-electron chi connectivity index (χ0n) is 9.97. The highest BCUT2D eigenvalue weighted by Gasteiger charge is 2.50. The molecule has 2 N–H and O–H groups in total. The zero-order chi connectivity index (χ0) is 11.1. The average Bonchev–Trinajstić information content (AvgIpc) is 2.75. The summed E-state index contributed by atoms with van der Waals surface area (Å²) in [5.74, 6) is 0.543. The Morgan fingerprint density at radius 3 is 2.67 bits per heavy atom. The van der Waals surface area contributed by atoms with Crippen molar-refractivity contribution >= 4 is 5.91 Å². The minimum Gasteiger partial charge on any atom is -0.353 e. The molecule has 3 nitrogen and oxygen atoms in total. The third-order valence-electron chi connectivity index (χ3n) is 3.80. The SMILES string of the molecule is CC1CC(NC(=O)C2CC2(C)C)CCN1. The highest BCUT2D eigenvalue weighted by molar-refractivity contribution is 5.82. The van der Waals surface area contributed by atoms with E-state index in [1.165, 1.54) is 0 Å². The van der Waals surface area contributed by atoms with Gasteiger partial charge in [0.15, 0.2) is 0 Å². The van der Waals surface area contributed by atoms with Crippen LogP contribution in [0.4, 0.5) is 0 Å². The van der Waals surface area contributed by atoms with Gasteiger partial charge in [-0.3, -0.25) is 4.79 Å². The largest absolute Gasteiger partial charge is 0.353 e. The minimum absolute atomic E-state index is 0.253. The lowest BCUT2D eigenvalue weighted by Crippen LogP contribution is -2.47. The van der Waals surface area contributed by atoms with Crippen LogP contribution in [0.15, 0.2) is 0 Å². The van der Waals surface area contributed by atoms with Gasteiger partial charge in [-0.15, -0.1) is 0 Å². The fourth-order valence-corrected chi connectivity index (χ4v) is 2.48. The predicted molar refractivity (Wildman–Crippen MR) is 60.5 cm³/mol. The molecule has 2 rings (SSSR count). The fourth-order valence-electron chi connectivity index (χ4n) is 2.48. The van der Waals surface area contributed by atoms with E-state index in [4.69, 9.17) is 0 Å². The van der Waals surface area contributed by atoms with Gasteiger partial charge in [0.25, 0.3) is 0 Å². The third kappa shape index (κ3) is 2.51. The van der Waals surface area contributed by atoms with Crippen LogP contribution in [0.2, 0.25) is 0 Å². The summed E-state index contributed by atoms with van der Waals surface area (Å²) >= 11 is 0. The molecule has 3 heteroatoms. The molecule has 3 unspecified atom stereocenters. The smallest absolute Gasteiger partial charge is 0.223 e. The van der Waals surface area contributed by atoms with Crippen LogP contribution in [-0.4, -0.2) is 24.5 Å². The van der Waals surface area contributed by atoms with Gasteiger partial charge >= 0.3 is 0 Å². The summed E-state index contributed by atoms with van der Waals surface area (Å²) < 4.78 is 0. The van der Waals surface area contributed by atoms with Crippen molar-refractivity contribution in [3.63, 3.8) is 0 Å². The maximum atomic E-state index is 11.9. The van der Waals surface area contributed by atoms with Crippen LogP contribution >= 0.6 is 0 Å². The molecule has 0 aromatic rings. The molecule has 15 heavy (non-hydrogen) atoms. The molecule has 1 aliphatic heterocycles. The first-order valence-corrected chi connectivity index (χ1v) is 6.03. The van der Waals surface area contributed by atoms with E-state index in [1.54, 1.807) is 0 Å². The van der Waals surface area contributed by atoms with E-state index in [0.717, 1.165) is 25.8 Å². The molecule has 1 saturated carbocycles. The van der Waals surface area contributed by atoms with Gasteiger partial charge in [0.2, 0.25) is 5.91 Å². The topological polar surface area (TPSA) is 41.1 Å². The quantitative estimate of drug-likeness (QED) is 0.721. The molecule has 0 radical (unpaired) electrons. The maximum absolute atomic E-state index is 11.9. The summed E-state index contributed by atoms with van der Waals surface area (Å²) in [6.45, 7) is 7.55. The number of amides is 1. The van der Waals surface area contributed by atoms with Crippen molar-refractivity contribution in [3.05, 3.63) is 0 Å². The van der Waals surface area contributed by atoms with E-state index in [2.05, 4.69) is 31.4 Å². The first-order chi connectivity index (χ1) is 6.99. The highest BCUT2D eigenvalue weighted by Crippen LogP contribution is 2.51. The van der Waals surface area contributed by atoms with Crippen LogP contribution in [0, 0.1) is 11.3 Å². The first kappa shape index (κ1) is 10.9. The molecular formula is C12H22N2O. The summed E-state index contributed by atoms with van der Waals surface area (Å²) in [5, 5.41) is 6.58. The molecule has 3 atom stereocenters. The fraction of sp³-hybridized carbons (Fsp3) is 0.917. The van der Waals surface area contributed by atoms with Crippen molar-refractivity contribution < 1.29 is 4.79 Å². The van der Waals surface area contributed by atoms with E-state index < -0.39 is 0 Å². The number of carbonyl (C=O) groups is 1. The number of piperidine rings is 1. The summed E-state index contributed by atoms with van der Waals surface area (Å²) in [6, 6.07) is 0.932. The van der Waals surface area contributed by atoms with E-state index in [1.807, 2.05) is 0 Å². The van der Waals surface area contributed by atoms with Crippen molar-refractivity contribution in [2.45, 2.75) is 52.1 Å². The Labute approximate surface area is 92.0 Å². The normalized spacial score (nSPS) is 38.5. The average molecular weight is 210 g/mol. The summed E-state index contributed by atoms with van der Waals surface area (Å²) in [7, 11) is 0. The molecule has 2 fully saturated rings.